The average molecular weight is 224 g/mol. The van der Waals surface area contributed by atoms with Crippen molar-refractivity contribution < 1.29 is 4.79 Å². The van der Waals surface area contributed by atoms with Crippen LogP contribution in [0, 0.1) is 5.92 Å². The highest BCUT2D eigenvalue weighted by Gasteiger charge is 2.38. The number of amides is 1. The van der Waals surface area contributed by atoms with Crippen molar-refractivity contribution >= 4 is 5.91 Å². The van der Waals surface area contributed by atoms with E-state index in [9.17, 15) is 4.79 Å². The van der Waals surface area contributed by atoms with Crippen LogP contribution < -0.4 is 5.73 Å². The minimum atomic E-state index is -0.260. The molecular formula is C13H24N2O. The van der Waals surface area contributed by atoms with Gasteiger partial charge < -0.3 is 10.6 Å². The number of carbonyl (C=O) groups is 1. The molecule has 0 aromatic heterocycles. The standard InChI is InChI=1S/C13H24N2O/c1-2-5-11(14)13(16)15-9-4-7-10-6-3-8-12(10)15/h10-12H,2-9,14H2,1H3/t10?,11-,12?/m1/s1. The average Bonchev–Trinajstić information content (AvgIpc) is 2.76. The molecule has 3 atom stereocenters. The Morgan fingerprint density at radius 1 is 1.38 bits per heavy atom. The molecule has 1 aliphatic heterocycles. The summed E-state index contributed by atoms with van der Waals surface area (Å²) in [6.07, 6.45) is 8.12. The van der Waals surface area contributed by atoms with Gasteiger partial charge in [0.15, 0.2) is 0 Å². The quantitative estimate of drug-likeness (QED) is 0.796. The number of piperidine rings is 1. The maximum Gasteiger partial charge on any atom is 0.239 e. The molecule has 1 amide bonds. The summed E-state index contributed by atoms with van der Waals surface area (Å²) in [4.78, 5) is 14.3. The van der Waals surface area contributed by atoms with Gasteiger partial charge in [0.05, 0.1) is 6.04 Å². The first-order valence-electron chi connectivity index (χ1n) is 6.80. The van der Waals surface area contributed by atoms with Crippen LogP contribution in [0.4, 0.5) is 0 Å². The molecule has 0 bridgehead atoms. The minimum Gasteiger partial charge on any atom is -0.338 e. The second-order valence-electron chi connectivity index (χ2n) is 5.33. The van der Waals surface area contributed by atoms with Crippen molar-refractivity contribution in [1.82, 2.24) is 4.90 Å². The molecule has 2 rings (SSSR count). The number of nitrogens with two attached hydrogens (primary N) is 1. The number of hydrogen-bond donors (Lipinski definition) is 1. The molecule has 0 spiro atoms. The van der Waals surface area contributed by atoms with Gasteiger partial charge in [0.25, 0.3) is 0 Å². The third kappa shape index (κ3) is 2.24. The summed E-state index contributed by atoms with van der Waals surface area (Å²) in [5, 5.41) is 0. The topological polar surface area (TPSA) is 46.3 Å². The van der Waals surface area contributed by atoms with Crippen LogP contribution >= 0.6 is 0 Å². The summed E-state index contributed by atoms with van der Waals surface area (Å²) in [6.45, 7) is 3.03. The van der Waals surface area contributed by atoms with Crippen molar-refractivity contribution in [3.05, 3.63) is 0 Å². The van der Waals surface area contributed by atoms with Crippen LogP contribution in [-0.4, -0.2) is 29.4 Å². The van der Waals surface area contributed by atoms with Gasteiger partial charge in [0.2, 0.25) is 5.91 Å². The van der Waals surface area contributed by atoms with E-state index in [2.05, 4.69) is 11.8 Å². The lowest BCUT2D eigenvalue weighted by molar-refractivity contribution is -0.137. The van der Waals surface area contributed by atoms with Crippen molar-refractivity contribution in [1.29, 1.82) is 0 Å². The summed E-state index contributed by atoms with van der Waals surface area (Å²) >= 11 is 0. The summed E-state index contributed by atoms with van der Waals surface area (Å²) in [6, 6.07) is 0.258. The maximum absolute atomic E-state index is 12.2. The lowest BCUT2D eigenvalue weighted by atomic mass is 9.91. The molecule has 1 heterocycles. The molecule has 92 valence electrons. The first kappa shape index (κ1) is 11.9. The number of fused-ring (bicyclic) bond motifs is 1. The molecule has 2 N–H and O–H groups in total. The zero-order valence-corrected chi connectivity index (χ0v) is 10.3. The fraction of sp³-hybridized carbons (Fsp3) is 0.923. The van der Waals surface area contributed by atoms with Crippen molar-refractivity contribution in [2.45, 2.75) is 64.0 Å². The van der Waals surface area contributed by atoms with Crippen molar-refractivity contribution in [2.24, 2.45) is 11.7 Å². The zero-order chi connectivity index (χ0) is 11.5. The Morgan fingerprint density at radius 3 is 2.88 bits per heavy atom. The van der Waals surface area contributed by atoms with E-state index in [-0.39, 0.29) is 11.9 Å². The van der Waals surface area contributed by atoms with Gasteiger partial charge in [0.1, 0.15) is 0 Å². The van der Waals surface area contributed by atoms with E-state index in [1.54, 1.807) is 0 Å². The fourth-order valence-corrected chi connectivity index (χ4v) is 3.38. The van der Waals surface area contributed by atoms with Crippen LogP contribution in [0.25, 0.3) is 0 Å². The summed E-state index contributed by atoms with van der Waals surface area (Å²) in [5.74, 6) is 0.977. The Labute approximate surface area is 98.4 Å². The van der Waals surface area contributed by atoms with E-state index in [1.165, 1.54) is 32.1 Å². The Hall–Kier alpha value is -0.570. The summed E-state index contributed by atoms with van der Waals surface area (Å²) in [5.41, 5.74) is 5.95. The molecule has 3 nitrogen and oxygen atoms in total. The zero-order valence-electron chi connectivity index (χ0n) is 10.3. The van der Waals surface area contributed by atoms with Crippen molar-refractivity contribution in [3.63, 3.8) is 0 Å². The number of likely N-dealkylation sites (tertiary alicyclic amines) is 1. The van der Waals surface area contributed by atoms with Gasteiger partial charge in [-0.2, -0.15) is 0 Å². The van der Waals surface area contributed by atoms with Gasteiger partial charge >= 0.3 is 0 Å². The van der Waals surface area contributed by atoms with Gasteiger partial charge in [-0.15, -0.1) is 0 Å². The van der Waals surface area contributed by atoms with Gasteiger partial charge in [-0.25, -0.2) is 0 Å². The van der Waals surface area contributed by atoms with E-state index in [1.807, 2.05) is 0 Å². The van der Waals surface area contributed by atoms with Crippen LogP contribution in [0.2, 0.25) is 0 Å². The van der Waals surface area contributed by atoms with Crippen molar-refractivity contribution in [3.8, 4) is 0 Å². The molecule has 3 heteroatoms. The Kier molecular flexibility index (Phi) is 3.85. The largest absolute Gasteiger partial charge is 0.338 e. The van der Waals surface area contributed by atoms with E-state index in [4.69, 9.17) is 5.73 Å². The summed E-state index contributed by atoms with van der Waals surface area (Å²) in [7, 11) is 0. The van der Waals surface area contributed by atoms with Gasteiger partial charge in [-0.05, 0) is 38.0 Å². The van der Waals surface area contributed by atoms with E-state index >= 15 is 0 Å². The third-order valence-corrected chi connectivity index (χ3v) is 4.19. The lowest BCUT2D eigenvalue weighted by Gasteiger charge is -2.39. The Bertz CT molecular complexity index is 254. The molecule has 1 saturated carbocycles. The minimum absolute atomic E-state index is 0.207. The predicted octanol–water partition coefficient (Wildman–Crippen LogP) is 1.90. The fourth-order valence-electron chi connectivity index (χ4n) is 3.38. The number of hydrogen-bond acceptors (Lipinski definition) is 2. The molecule has 0 radical (unpaired) electrons. The molecular weight excluding hydrogens is 200 g/mol. The molecule has 2 aliphatic rings. The molecule has 2 fully saturated rings. The number of nitrogens with zero attached hydrogens (tertiary/aromatic N) is 1. The normalized spacial score (nSPS) is 31.2. The van der Waals surface area contributed by atoms with E-state index in [0.717, 1.165) is 25.3 Å². The van der Waals surface area contributed by atoms with Crippen LogP contribution in [0.1, 0.15) is 51.9 Å². The number of carbonyl (C=O) groups excluding carboxylic acids is 1. The van der Waals surface area contributed by atoms with Gasteiger partial charge in [0, 0.05) is 12.6 Å². The SMILES string of the molecule is CCC[C@@H](N)C(=O)N1CCCC2CCCC21. The maximum atomic E-state index is 12.2. The highest BCUT2D eigenvalue weighted by molar-refractivity contribution is 5.82. The van der Waals surface area contributed by atoms with Crippen LogP contribution in [0.5, 0.6) is 0 Å². The van der Waals surface area contributed by atoms with E-state index < -0.39 is 0 Å². The van der Waals surface area contributed by atoms with E-state index in [0.29, 0.717) is 6.04 Å². The second kappa shape index (κ2) is 5.17. The van der Waals surface area contributed by atoms with Crippen molar-refractivity contribution in [2.75, 3.05) is 6.54 Å². The Balaban J connectivity index is 1.99. The molecule has 1 aliphatic carbocycles. The van der Waals surface area contributed by atoms with Crippen LogP contribution in [-0.2, 0) is 4.79 Å². The first-order chi connectivity index (χ1) is 7.74. The first-order valence-corrected chi connectivity index (χ1v) is 6.80. The third-order valence-electron chi connectivity index (χ3n) is 4.19. The highest BCUT2D eigenvalue weighted by Crippen LogP contribution is 2.36. The molecule has 1 saturated heterocycles. The predicted molar refractivity (Wildman–Crippen MR) is 65.0 cm³/mol. The Morgan fingerprint density at radius 2 is 2.12 bits per heavy atom. The molecule has 2 unspecified atom stereocenters. The van der Waals surface area contributed by atoms with Gasteiger partial charge in [-0.3, -0.25) is 4.79 Å². The van der Waals surface area contributed by atoms with Crippen LogP contribution in [0.15, 0.2) is 0 Å². The van der Waals surface area contributed by atoms with Gasteiger partial charge in [-0.1, -0.05) is 19.8 Å². The highest BCUT2D eigenvalue weighted by atomic mass is 16.2. The lowest BCUT2D eigenvalue weighted by Crippen LogP contribution is -2.52. The molecule has 16 heavy (non-hydrogen) atoms. The monoisotopic (exact) mass is 224 g/mol. The second-order valence-corrected chi connectivity index (χ2v) is 5.33. The smallest absolute Gasteiger partial charge is 0.239 e. The molecule has 0 aromatic carbocycles. The van der Waals surface area contributed by atoms with Crippen LogP contribution in [0.3, 0.4) is 0 Å². The summed E-state index contributed by atoms with van der Waals surface area (Å²) < 4.78 is 0. The number of rotatable bonds is 3. The molecule has 0 aromatic rings.